The van der Waals surface area contributed by atoms with Gasteiger partial charge in [-0.1, -0.05) is 0 Å². The van der Waals surface area contributed by atoms with Gasteiger partial charge < -0.3 is 0 Å². The van der Waals surface area contributed by atoms with Crippen LogP contribution in [0.15, 0.2) is 115 Å². The third-order valence-corrected chi connectivity index (χ3v) is 9.80. The van der Waals surface area contributed by atoms with E-state index in [0.29, 0.717) is 0 Å². The first-order chi connectivity index (χ1) is 19.6. The molecule has 0 aliphatic carbocycles. The van der Waals surface area contributed by atoms with E-state index in [-0.39, 0.29) is 15.0 Å². The average Bonchev–Trinajstić information content (AvgIpc) is 3.00. The molecule has 7 rings (SSSR count). The molecule has 3 nitrogen and oxygen atoms in total. The van der Waals surface area contributed by atoms with Gasteiger partial charge in [0.05, 0.1) is 7.11 Å². The van der Waals surface area contributed by atoms with Gasteiger partial charge in [-0.2, -0.15) is 0 Å². The number of aryl methyl sites for hydroxylation is 1. The van der Waals surface area contributed by atoms with Crippen LogP contribution in [0.4, 0.5) is 17.1 Å². The van der Waals surface area contributed by atoms with Crippen molar-refractivity contribution in [2.24, 2.45) is 0 Å². The van der Waals surface area contributed by atoms with Gasteiger partial charge in [0.1, 0.15) is 0 Å². The monoisotopic (exact) mass is 580 g/mol. The Balaban J connectivity index is 1.56. The zero-order valence-electron chi connectivity index (χ0n) is 22.3. The fourth-order valence-corrected chi connectivity index (χ4v) is 7.66. The number of methoxy groups -OCH3 is 1. The Hall–Kier alpha value is -4.31. The molecular formula is C35H25BN2OSe. The second-order valence-corrected chi connectivity index (χ2v) is 12.2. The summed E-state index contributed by atoms with van der Waals surface area (Å²) in [5, 5.41) is 1.15. The molecule has 0 amide bonds. The Morgan fingerprint density at radius 1 is 0.700 bits per heavy atom. The number of fused-ring (bicyclic) bond motifs is 3. The van der Waals surface area contributed by atoms with Crippen molar-refractivity contribution in [1.82, 2.24) is 4.98 Å². The SMILES string of the molecule is [B]c1ccc(-c2cc(-c3ccc(OC)cc3)c3c(C)ccc(N4c5ccccc5[Se]c5ccccc54)c3n2)cc1. The third-order valence-electron chi connectivity index (χ3n) is 7.43. The maximum absolute atomic E-state index is 6.04. The van der Waals surface area contributed by atoms with Gasteiger partial charge in [-0.15, -0.1) is 0 Å². The first-order valence-corrected chi connectivity index (χ1v) is 14.9. The van der Waals surface area contributed by atoms with Crippen molar-refractivity contribution in [1.29, 1.82) is 0 Å². The Bertz CT molecular complexity index is 1840. The topological polar surface area (TPSA) is 25.4 Å². The Labute approximate surface area is 242 Å². The third kappa shape index (κ3) is 4.19. The van der Waals surface area contributed by atoms with Crippen molar-refractivity contribution in [2.75, 3.05) is 12.0 Å². The van der Waals surface area contributed by atoms with Crippen molar-refractivity contribution in [3.63, 3.8) is 0 Å². The summed E-state index contributed by atoms with van der Waals surface area (Å²) >= 11 is 0.237. The van der Waals surface area contributed by atoms with Crippen molar-refractivity contribution >= 4 is 65.2 Å². The molecule has 0 saturated heterocycles. The van der Waals surface area contributed by atoms with Crippen LogP contribution < -0.4 is 24.0 Å². The molecule has 0 bridgehead atoms. The van der Waals surface area contributed by atoms with Crippen LogP contribution in [0.1, 0.15) is 5.56 Å². The van der Waals surface area contributed by atoms with Gasteiger partial charge in [0.2, 0.25) is 0 Å². The number of ether oxygens (including phenoxy) is 1. The molecular weight excluding hydrogens is 554 g/mol. The standard InChI is InChI=1S/C35H25BN2OSe/c1-22-11-20-31(38-29-7-3-5-9-32(29)40-33-10-6-4-8-30(33)38)35-34(22)27(23-14-18-26(39-2)19-15-23)21-28(37-35)24-12-16-25(36)17-13-24/h3-21H,1-2H3. The molecule has 0 spiro atoms. The van der Waals surface area contributed by atoms with E-state index < -0.39 is 0 Å². The molecule has 6 aromatic rings. The molecule has 190 valence electrons. The number of aromatic nitrogens is 1. The predicted molar refractivity (Wildman–Crippen MR) is 169 cm³/mol. The summed E-state index contributed by atoms with van der Waals surface area (Å²) in [5.74, 6) is 0.835. The van der Waals surface area contributed by atoms with E-state index in [1.807, 2.05) is 36.4 Å². The molecule has 5 heteroatoms. The van der Waals surface area contributed by atoms with Gasteiger partial charge >= 0.3 is 236 Å². The van der Waals surface area contributed by atoms with E-state index in [2.05, 4.69) is 90.7 Å². The van der Waals surface area contributed by atoms with E-state index in [1.54, 1.807) is 7.11 Å². The number of hydrogen-bond donors (Lipinski definition) is 0. The fourth-order valence-electron chi connectivity index (χ4n) is 5.44. The number of pyridine rings is 1. The number of benzene rings is 5. The molecule has 1 aliphatic heterocycles. The molecule has 0 N–H and O–H groups in total. The summed E-state index contributed by atoms with van der Waals surface area (Å²) in [5.41, 5.74) is 10.6. The normalized spacial score (nSPS) is 12.2. The predicted octanol–water partition coefficient (Wildman–Crippen LogP) is 6.12. The maximum atomic E-state index is 6.04. The minimum atomic E-state index is 0.237. The Morgan fingerprint density at radius 3 is 1.98 bits per heavy atom. The van der Waals surface area contributed by atoms with Crippen LogP contribution in [-0.2, 0) is 0 Å². The van der Waals surface area contributed by atoms with Crippen LogP contribution in [0.3, 0.4) is 0 Å². The number of nitrogens with zero attached hydrogens (tertiary/aromatic N) is 2. The molecule has 0 fully saturated rings. The van der Waals surface area contributed by atoms with E-state index in [9.17, 15) is 0 Å². The molecule has 0 unspecified atom stereocenters. The molecule has 40 heavy (non-hydrogen) atoms. The summed E-state index contributed by atoms with van der Waals surface area (Å²) in [6, 6.07) is 40.4. The zero-order chi connectivity index (χ0) is 27.2. The summed E-state index contributed by atoms with van der Waals surface area (Å²) in [6.45, 7) is 2.17. The van der Waals surface area contributed by atoms with Gasteiger partial charge in [0.15, 0.2) is 0 Å². The number of anilines is 3. The molecule has 2 heterocycles. The van der Waals surface area contributed by atoms with Crippen LogP contribution in [0, 0.1) is 6.92 Å². The molecule has 0 atom stereocenters. The van der Waals surface area contributed by atoms with Crippen LogP contribution in [0.25, 0.3) is 33.3 Å². The zero-order valence-corrected chi connectivity index (χ0v) is 24.0. The Kier molecular flexibility index (Phi) is 6.19. The molecule has 1 aliphatic rings. The minimum absolute atomic E-state index is 0.237. The van der Waals surface area contributed by atoms with E-state index in [4.69, 9.17) is 17.6 Å². The Morgan fingerprint density at radius 2 is 1.32 bits per heavy atom. The van der Waals surface area contributed by atoms with Crippen LogP contribution in [0.5, 0.6) is 5.75 Å². The van der Waals surface area contributed by atoms with Gasteiger partial charge in [-0.25, -0.2) is 0 Å². The van der Waals surface area contributed by atoms with Gasteiger partial charge in [-0.3, -0.25) is 0 Å². The number of rotatable bonds is 4. The summed E-state index contributed by atoms with van der Waals surface area (Å²) in [4.78, 5) is 7.77. The second kappa shape index (κ2) is 10.0. The van der Waals surface area contributed by atoms with E-state index >= 15 is 0 Å². The summed E-state index contributed by atoms with van der Waals surface area (Å²) in [7, 11) is 7.73. The number of para-hydroxylation sites is 2. The number of hydrogen-bond acceptors (Lipinski definition) is 3. The first kappa shape index (κ1) is 24.7. The van der Waals surface area contributed by atoms with Crippen molar-refractivity contribution in [2.45, 2.75) is 6.92 Å². The molecule has 1 aromatic heterocycles. The fraction of sp³-hybridized carbons (Fsp3) is 0.0571. The molecule has 5 aromatic carbocycles. The summed E-state index contributed by atoms with van der Waals surface area (Å²) in [6.07, 6.45) is 0. The van der Waals surface area contributed by atoms with Crippen molar-refractivity contribution < 1.29 is 4.74 Å². The second-order valence-electron chi connectivity index (χ2n) is 9.90. The van der Waals surface area contributed by atoms with E-state index in [0.717, 1.165) is 50.2 Å². The molecule has 2 radical (unpaired) electrons. The van der Waals surface area contributed by atoms with Crippen LogP contribution in [-0.4, -0.2) is 34.9 Å². The quantitative estimate of drug-likeness (QED) is 0.235. The van der Waals surface area contributed by atoms with Crippen LogP contribution in [0.2, 0.25) is 0 Å². The van der Waals surface area contributed by atoms with Crippen molar-refractivity contribution in [3.05, 3.63) is 121 Å². The van der Waals surface area contributed by atoms with Crippen LogP contribution >= 0.6 is 0 Å². The van der Waals surface area contributed by atoms with Crippen molar-refractivity contribution in [3.8, 4) is 28.1 Å². The first-order valence-electron chi connectivity index (χ1n) is 13.2. The summed E-state index contributed by atoms with van der Waals surface area (Å²) < 4.78 is 8.19. The molecule has 0 saturated carbocycles. The van der Waals surface area contributed by atoms with Gasteiger partial charge in [0, 0.05) is 0 Å². The van der Waals surface area contributed by atoms with E-state index in [1.165, 1.54) is 25.9 Å². The van der Waals surface area contributed by atoms with Gasteiger partial charge in [0.25, 0.3) is 0 Å². The average molecular weight is 579 g/mol. The van der Waals surface area contributed by atoms with Gasteiger partial charge in [-0.05, 0) is 0 Å².